The Bertz CT molecular complexity index is 993. The Labute approximate surface area is 188 Å². The summed E-state index contributed by atoms with van der Waals surface area (Å²) in [5.41, 5.74) is 0.991. The first-order valence-corrected chi connectivity index (χ1v) is 11.3. The van der Waals surface area contributed by atoms with E-state index in [1.807, 2.05) is 56.3 Å². The normalized spacial score (nSPS) is 20.0. The van der Waals surface area contributed by atoms with Gasteiger partial charge in [0.25, 0.3) is 0 Å². The number of hydrogen-bond acceptors (Lipinski definition) is 5. The lowest BCUT2D eigenvalue weighted by molar-refractivity contribution is -0.142. The SMILES string of the molecule is CC(C)C1COC(=O)N1C(=O)[C@@H](CC(=O)N1CCOCC1)Cc1cccc2ccccc12. The van der Waals surface area contributed by atoms with Crippen LogP contribution in [-0.2, 0) is 25.5 Å². The van der Waals surface area contributed by atoms with Gasteiger partial charge in [-0.25, -0.2) is 9.69 Å². The van der Waals surface area contributed by atoms with Crippen LogP contribution in [0, 0.1) is 11.8 Å². The van der Waals surface area contributed by atoms with Gasteiger partial charge in [0.05, 0.1) is 25.2 Å². The number of cyclic esters (lactones) is 1. The molecular weight excluding hydrogens is 408 g/mol. The van der Waals surface area contributed by atoms with Crippen LogP contribution in [0.4, 0.5) is 4.79 Å². The molecule has 32 heavy (non-hydrogen) atoms. The Morgan fingerprint density at radius 1 is 1.06 bits per heavy atom. The Balaban J connectivity index is 1.63. The highest BCUT2D eigenvalue weighted by Gasteiger charge is 2.43. The number of ether oxygens (including phenoxy) is 2. The molecule has 3 amide bonds. The van der Waals surface area contributed by atoms with Gasteiger partial charge in [-0.1, -0.05) is 56.3 Å². The summed E-state index contributed by atoms with van der Waals surface area (Å²) < 4.78 is 10.6. The van der Waals surface area contributed by atoms with Gasteiger partial charge < -0.3 is 14.4 Å². The van der Waals surface area contributed by atoms with Gasteiger partial charge in [0, 0.05) is 19.5 Å². The third-order valence-electron chi connectivity index (χ3n) is 6.39. The van der Waals surface area contributed by atoms with Gasteiger partial charge in [-0.05, 0) is 28.7 Å². The van der Waals surface area contributed by atoms with Crippen molar-refractivity contribution in [1.82, 2.24) is 9.80 Å². The fourth-order valence-corrected chi connectivity index (χ4v) is 4.51. The first-order chi connectivity index (χ1) is 15.5. The van der Waals surface area contributed by atoms with Crippen molar-refractivity contribution in [2.45, 2.75) is 32.7 Å². The molecule has 0 aliphatic carbocycles. The summed E-state index contributed by atoms with van der Waals surface area (Å²) in [6.07, 6.45) is -0.183. The van der Waals surface area contributed by atoms with Crippen LogP contribution in [0.1, 0.15) is 25.8 Å². The van der Waals surface area contributed by atoms with Crippen molar-refractivity contribution in [3.8, 4) is 0 Å². The van der Waals surface area contributed by atoms with E-state index in [1.165, 1.54) is 4.90 Å². The minimum absolute atomic E-state index is 0.0522. The van der Waals surface area contributed by atoms with Crippen molar-refractivity contribution >= 4 is 28.7 Å². The van der Waals surface area contributed by atoms with Crippen LogP contribution in [0.2, 0.25) is 0 Å². The predicted octanol–water partition coefficient (Wildman–Crippen LogP) is 3.25. The third kappa shape index (κ3) is 4.63. The molecule has 7 nitrogen and oxygen atoms in total. The molecule has 0 bridgehead atoms. The lowest BCUT2D eigenvalue weighted by atomic mass is 9.90. The van der Waals surface area contributed by atoms with E-state index in [4.69, 9.17) is 9.47 Å². The quantitative estimate of drug-likeness (QED) is 0.692. The number of rotatable bonds is 6. The maximum absolute atomic E-state index is 13.7. The van der Waals surface area contributed by atoms with Gasteiger partial charge in [-0.2, -0.15) is 0 Å². The van der Waals surface area contributed by atoms with Gasteiger partial charge in [-0.3, -0.25) is 9.59 Å². The molecule has 0 radical (unpaired) electrons. The minimum atomic E-state index is -0.650. The number of benzene rings is 2. The van der Waals surface area contributed by atoms with Crippen LogP contribution < -0.4 is 0 Å². The standard InChI is InChI=1S/C25H30N2O5/c1-17(2)22-16-32-25(30)27(22)24(29)20(15-23(28)26-10-12-31-13-11-26)14-19-8-5-7-18-6-3-4-9-21(18)19/h3-9,17,20,22H,10-16H2,1-2H3/t20-,22?/m1/s1. The number of carbonyl (C=O) groups is 3. The van der Waals surface area contributed by atoms with E-state index in [0.29, 0.717) is 32.7 Å². The summed E-state index contributed by atoms with van der Waals surface area (Å²) in [6.45, 7) is 6.17. The average molecular weight is 439 g/mol. The van der Waals surface area contributed by atoms with E-state index < -0.39 is 12.0 Å². The van der Waals surface area contributed by atoms with Crippen LogP contribution in [0.3, 0.4) is 0 Å². The van der Waals surface area contributed by atoms with Crippen molar-refractivity contribution in [1.29, 1.82) is 0 Å². The number of carbonyl (C=O) groups excluding carboxylic acids is 3. The number of hydrogen-bond donors (Lipinski definition) is 0. The number of nitrogens with zero attached hydrogens (tertiary/aromatic N) is 2. The molecule has 2 fully saturated rings. The molecule has 2 aromatic rings. The highest BCUT2D eigenvalue weighted by Crippen LogP contribution is 2.28. The van der Waals surface area contributed by atoms with Crippen LogP contribution in [0.25, 0.3) is 10.8 Å². The second kappa shape index (κ2) is 9.69. The smallest absolute Gasteiger partial charge is 0.416 e. The number of fused-ring (bicyclic) bond motifs is 1. The molecule has 0 N–H and O–H groups in total. The fraction of sp³-hybridized carbons (Fsp3) is 0.480. The van der Waals surface area contributed by atoms with Crippen molar-refractivity contribution in [3.63, 3.8) is 0 Å². The summed E-state index contributed by atoms with van der Waals surface area (Å²) in [5.74, 6) is -0.997. The summed E-state index contributed by atoms with van der Waals surface area (Å²) in [6, 6.07) is 13.7. The molecule has 2 heterocycles. The molecule has 2 saturated heterocycles. The van der Waals surface area contributed by atoms with Crippen LogP contribution in [0.5, 0.6) is 0 Å². The number of imide groups is 1. The summed E-state index contributed by atoms with van der Waals surface area (Å²) in [5, 5.41) is 2.13. The van der Waals surface area contributed by atoms with Crippen LogP contribution in [-0.4, -0.2) is 66.7 Å². The Morgan fingerprint density at radius 3 is 2.53 bits per heavy atom. The van der Waals surface area contributed by atoms with E-state index in [2.05, 4.69) is 0 Å². The average Bonchev–Trinajstić information content (AvgIpc) is 3.20. The zero-order valence-electron chi connectivity index (χ0n) is 18.7. The van der Waals surface area contributed by atoms with Crippen LogP contribution in [0.15, 0.2) is 42.5 Å². The third-order valence-corrected chi connectivity index (χ3v) is 6.39. The molecule has 2 aromatic carbocycles. The Kier molecular flexibility index (Phi) is 6.74. The molecule has 7 heteroatoms. The maximum atomic E-state index is 13.7. The van der Waals surface area contributed by atoms with E-state index >= 15 is 0 Å². The topological polar surface area (TPSA) is 76.2 Å². The van der Waals surface area contributed by atoms with Gasteiger partial charge in [0.15, 0.2) is 0 Å². The van der Waals surface area contributed by atoms with Crippen molar-refractivity contribution in [3.05, 3.63) is 48.0 Å². The van der Waals surface area contributed by atoms with Crippen LogP contribution >= 0.6 is 0 Å². The number of morpholine rings is 1. The first-order valence-electron chi connectivity index (χ1n) is 11.3. The maximum Gasteiger partial charge on any atom is 0.416 e. The summed E-state index contributed by atoms with van der Waals surface area (Å²) in [4.78, 5) is 42.2. The lowest BCUT2D eigenvalue weighted by Gasteiger charge is -2.30. The van der Waals surface area contributed by atoms with E-state index in [-0.39, 0.29) is 36.8 Å². The fourth-order valence-electron chi connectivity index (χ4n) is 4.51. The van der Waals surface area contributed by atoms with Crippen molar-refractivity contribution in [2.75, 3.05) is 32.9 Å². The Hall–Kier alpha value is -2.93. The number of amides is 3. The molecule has 2 aliphatic heterocycles. The van der Waals surface area contributed by atoms with E-state index in [9.17, 15) is 14.4 Å². The highest BCUT2D eigenvalue weighted by atomic mass is 16.6. The second-order valence-electron chi connectivity index (χ2n) is 8.83. The zero-order valence-corrected chi connectivity index (χ0v) is 18.7. The lowest BCUT2D eigenvalue weighted by Crippen LogP contribution is -2.47. The highest BCUT2D eigenvalue weighted by molar-refractivity contribution is 5.97. The predicted molar refractivity (Wildman–Crippen MR) is 120 cm³/mol. The largest absolute Gasteiger partial charge is 0.447 e. The summed E-state index contributed by atoms with van der Waals surface area (Å²) in [7, 11) is 0. The van der Waals surface area contributed by atoms with Gasteiger partial charge >= 0.3 is 6.09 Å². The van der Waals surface area contributed by atoms with Crippen molar-refractivity contribution < 1.29 is 23.9 Å². The molecule has 4 rings (SSSR count). The molecule has 2 aliphatic rings. The van der Waals surface area contributed by atoms with E-state index in [1.54, 1.807) is 4.90 Å². The summed E-state index contributed by atoms with van der Waals surface area (Å²) >= 11 is 0. The second-order valence-corrected chi connectivity index (χ2v) is 8.83. The van der Waals surface area contributed by atoms with E-state index in [0.717, 1.165) is 16.3 Å². The molecule has 0 aromatic heterocycles. The molecule has 2 atom stereocenters. The van der Waals surface area contributed by atoms with Gasteiger partial charge in [-0.15, -0.1) is 0 Å². The monoisotopic (exact) mass is 438 g/mol. The van der Waals surface area contributed by atoms with Crippen molar-refractivity contribution in [2.24, 2.45) is 11.8 Å². The first kappa shape index (κ1) is 22.3. The molecular formula is C25H30N2O5. The van der Waals surface area contributed by atoms with Gasteiger partial charge in [0.2, 0.25) is 11.8 Å². The molecule has 0 saturated carbocycles. The minimum Gasteiger partial charge on any atom is -0.447 e. The molecule has 1 unspecified atom stereocenters. The van der Waals surface area contributed by atoms with Gasteiger partial charge in [0.1, 0.15) is 6.61 Å². The zero-order chi connectivity index (χ0) is 22.7. The Morgan fingerprint density at radius 2 is 1.78 bits per heavy atom. The molecule has 170 valence electrons. The molecule has 0 spiro atoms.